The van der Waals surface area contributed by atoms with Crippen LogP contribution in [0.4, 0.5) is 4.79 Å². The number of rotatable bonds is 9. The first-order valence-corrected chi connectivity index (χ1v) is 13.3. The second-order valence-electron chi connectivity index (χ2n) is 10.1. The average molecular weight is 395 g/mol. The standard InChI is InChI=1S/C21H38N2O3Si/c1-9-27(7,8)15-11-14-23-18(25)16-17(24)22(19(23)26)13-10-12-21(5,6)20(2,3)4/h9H,1,10-16H2,2-8H3. The van der Waals surface area contributed by atoms with E-state index in [9.17, 15) is 14.4 Å². The lowest BCUT2D eigenvalue weighted by molar-refractivity contribution is -0.142. The van der Waals surface area contributed by atoms with Crippen LogP contribution in [0.1, 0.15) is 60.3 Å². The predicted octanol–water partition coefficient (Wildman–Crippen LogP) is 4.84. The molecule has 1 fully saturated rings. The molecule has 1 aliphatic rings. The molecule has 0 bridgehead atoms. The number of imide groups is 2. The normalized spacial score (nSPS) is 16.9. The van der Waals surface area contributed by atoms with Gasteiger partial charge in [-0.1, -0.05) is 53.8 Å². The Kier molecular flexibility index (Phi) is 7.62. The SMILES string of the molecule is C=C[Si](C)(C)CCCN1C(=O)CC(=O)N(CCCC(C)(C)C(C)(C)C)C1=O. The quantitative estimate of drug-likeness (QED) is 0.415. The van der Waals surface area contributed by atoms with Crippen LogP contribution in [0.2, 0.25) is 19.1 Å². The number of carbonyl (C=O) groups is 3. The van der Waals surface area contributed by atoms with Gasteiger partial charge in [0.15, 0.2) is 0 Å². The molecule has 0 radical (unpaired) electrons. The third-order valence-electron chi connectivity index (χ3n) is 6.34. The number of hydrogen-bond acceptors (Lipinski definition) is 3. The van der Waals surface area contributed by atoms with Crippen LogP contribution in [-0.2, 0) is 9.59 Å². The van der Waals surface area contributed by atoms with E-state index in [2.05, 4.69) is 54.3 Å². The van der Waals surface area contributed by atoms with Crippen molar-refractivity contribution in [3.8, 4) is 0 Å². The van der Waals surface area contributed by atoms with Crippen molar-refractivity contribution in [3.63, 3.8) is 0 Å². The van der Waals surface area contributed by atoms with Crippen LogP contribution >= 0.6 is 0 Å². The highest BCUT2D eigenvalue weighted by Gasteiger charge is 2.38. The Bertz CT molecular complexity index is 591. The summed E-state index contributed by atoms with van der Waals surface area (Å²) in [6, 6.07) is 0.532. The van der Waals surface area contributed by atoms with Crippen LogP contribution in [0.25, 0.3) is 0 Å². The lowest BCUT2D eigenvalue weighted by atomic mass is 9.67. The smallest absolute Gasteiger partial charge is 0.274 e. The molecule has 1 heterocycles. The van der Waals surface area contributed by atoms with Crippen molar-refractivity contribution in [2.24, 2.45) is 10.8 Å². The zero-order valence-corrected chi connectivity index (χ0v) is 19.4. The van der Waals surface area contributed by atoms with E-state index in [0.29, 0.717) is 13.1 Å². The lowest BCUT2D eigenvalue weighted by Gasteiger charge is -2.40. The monoisotopic (exact) mass is 394 g/mol. The Labute approximate surface area is 166 Å². The Morgan fingerprint density at radius 2 is 1.44 bits per heavy atom. The van der Waals surface area contributed by atoms with Crippen LogP contribution in [0.15, 0.2) is 12.3 Å². The molecule has 0 atom stereocenters. The summed E-state index contributed by atoms with van der Waals surface area (Å²) >= 11 is 0. The lowest BCUT2D eigenvalue weighted by Crippen LogP contribution is -2.55. The summed E-state index contributed by atoms with van der Waals surface area (Å²) in [5, 5.41) is 0. The Balaban J connectivity index is 2.67. The Morgan fingerprint density at radius 1 is 0.963 bits per heavy atom. The summed E-state index contributed by atoms with van der Waals surface area (Å²) in [6.07, 6.45) is 2.24. The maximum Gasteiger partial charge on any atom is 0.333 e. The minimum atomic E-state index is -1.46. The van der Waals surface area contributed by atoms with Gasteiger partial charge in [-0.05, 0) is 30.1 Å². The maximum atomic E-state index is 12.7. The number of barbiturate groups is 1. The fraction of sp³-hybridized carbons (Fsp3) is 0.762. The van der Waals surface area contributed by atoms with Gasteiger partial charge in [-0.25, -0.2) is 4.79 Å². The van der Waals surface area contributed by atoms with E-state index < -0.39 is 14.1 Å². The van der Waals surface area contributed by atoms with Crippen LogP contribution in [0.5, 0.6) is 0 Å². The zero-order chi connectivity index (χ0) is 21.0. The van der Waals surface area contributed by atoms with Crippen LogP contribution in [-0.4, -0.2) is 48.8 Å². The number of urea groups is 1. The molecule has 0 aromatic rings. The first-order valence-electron chi connectivity index (χ1n) is 10.0. The molecule has 27 heavy (non-hydrogen) atoms. The first-order chi connectivity index (χ1) is 12.2. The van der Waals surface area contributed by atoms with E-state index in [0.717, 1.165) is 25.3 Å². The molecule has 0 aromatic carbocycles. The van der Waals surface area contributed by atoms with E-state index in [1.807, 2.05) is 5.70 Å². The van der Waals surface area contributed by atoms with E-state index >= 15 is 0 Å². The van der Waals surface area contributed by atoms with Crippen LogP contribution in [0.3, 0.4) is 0 Å². The van der Waals surface area contributed by atoms with Crippen molar-refractivity contribution in [1.29, 1.82) is 0 Å². The van der Waals surface area contributed by atoms with Gasteiger partial charge < -0.3 is 0 Å². The summed E-state index contributed by atoms with van der Waals surface area (Å²) in [5.41, 5.74) is 2.28. The Morgan fingerprint density at radius 3 is 1.89 bits per heavy atom. The summed E-state index contributed by atoms with van der Waals surface area (Å²) in [5.74, 6) is -0.732. The van der Waals surface area contributed by atoms with Gasteiger partial charge in [-0.3, -0.25) is 19.4 Å². The highest BCUT2D eigenvalue weighted by atomic mass is 28.3. The van der Waals surface area contributed by atoms with Crippen molar-refractivity contribution in [2.75, 3.05) is 13.1 Å². The summed E-state index contributed by atoms with van der Waals surface area (Å²) in [4.78, 5) is 39.7. The van der Waals surface area contributed by atoms with Gasteiger partial charge in [0, 0.05) is 13.1 Å². The molecule has 0 aliphatic carbocycles. The van der Waals surface area contributed by atoms with Crippen LogP contribution < -0.4 is 0 Å². The first kappa shape index (κ1) is 23.6. The van der Waals surface area contributed by atoms with Gasteiger partial charge in [0.25, 0.3) is 0 Å². The maximum absolute atomic E-state index is 12.7. The summed E-state index contributed by atoms with van der Waals surface area (Å²) in [6.45, 7) is 20.1. The molecule has 0 saturated carbocycles. The van der Waals surface area contributed by atoms with Crippen molar-refractivity contribution in [2.45, 2.75) is 79.4 Å². The minimum absolute atomic E-state index is 0.102. The van der Waals surface area contributed by atoms with Gasteiger partial charge in [-0.2, -0.15) is 0 Å². The third kappa shape index (κ3) is 6.30. The number of amides is 4. The van der Waals surface area contributed by atoms with Crippen LogP contribution in [0, 0.1) is 10.8 Å². The highest BCUT2D eigenvalue weighted by molar-refractivity contribution is 6.82. The molecule has 0 aromatic heterocycles. The summed E-state index contributed by atoms with van der Waals surface area (Å²) in [7, 11) is -1.46. The average Bonchev–Trinajstić information content (AvgIpc) is 2.52. The van der Waals surface area contributed by atoms with Gasteiger partial charge >= 0.3 is 6.03 Å². The van der Waals surface area contributed by atoms with E-state index in [1.54, 1.807) is 0 Å². The molecule has 1 aliphatic heterocycles. The molecule has 154 valence electrons. The van der Waals surface area contributed by atoms with Gasteiger partial charge in [0.2, 0.25) is 11.8 Å². The number of carbonyl (C=O) groups excluding carboxylic acids is 3. The molecule has 4 amide bonds. The third-order valence-corrected chi connectivity index (χ3v) is 9.08. The number of hydrogen-bond donors (Lipinski definition) is 0. The molecule has 0 unspecified atom stereocenters. The van der Waals surface area contributed by atoms with E-state index in [-0.39, 0.29) is 29.1 Å². The van der Waals surface area contributed by atoms with Crippen molar-refractivity contribution < 1.29 is 14.4 Å². The largest absolute Gasteiger partial charge is 0.333 e. The molecular formula is C21H38N2O3Si. The second-order valence-corrected chi connectivity index (χ2v) is 15.0. The highest BCUT2D eigenvalue weighted by Crippen LogP contribution is 2.41. The molecule has 5 nitrogen and oxygen atoms in total. The molecule has 0 N–H and O–H groups in total. The minimum Gasteiger partial charge on any atom is -0.274 e. The Hall–Kier alpha value is -1.43. The molecule has 6 heteroatoms. The van der Waals surface area contributed by atoms with Gasteiger partial charge in [0.1, 0.15) is 6.42 Å². The van der Waals surface area contributed by atoms with Gasteiger partial charge in [0.05, 0.1) is 8.07 Å². The summed E-state index contributed by atoms with van der Waals surface area (Å²) < 4.78 is 0. The molecular weight excluding hydrogens is 356 g/mol. The van der Waals surface area contributed by atoms with Crippen molar-refractivity contribution in [3.05, 3.63) is 12.3 Å². The van der Waals surface area contributed by atoms with E-state index in [4.69, 9.17) is 0 Å². The second kappa shape index (κ2) is 8.72. The molecule has 1 rings (SSSR count). The van der Waals surface area contributed by atoms with E-state index in [1.165, 1.54) is 9.80 Å². The topological polar surface area (TPSA) is 57.7 Å². The number of nitrogens with zero attached hydrogens (tertiary/aromatic N) is 2. The van der Waals surface area contributed by atoms with Crippen molar-refractivity contribution in [1.82, 2.24) is 9.80 Å². The van der Waals surface area contributed by atoms with Gasteiger partial charge in [-0.15, -0.1) is 12.3 Å². The zero-order valence-electron chi connectivity index (χ0n) is 18.4. The predicted molar refractivity (Wildman–Crippen MR) is 113 cm³/mol. The fourth-order valence-electron chi connectivity index (χ4n) is 2.97. The fourth-order valence-corrected chi connectivity index (χ4v) is 4.24. The molecule has 1 saturated heterocycles. The molecule has 0 spiro atoms. The van der Waals surface area contributed by atoms with Crippen molar-refractivity contribution >= 4 is 25.9 Å².